The molecule has 0 radical (unpaired) electrons. The van der Waals surface area contributed by atoms with E-state index in [4.69, 9.17) is 4.74 Å². The van der Waals surface area contributed by atoms with Crippen molar-refractivity contribution < 1.29 is 14.3 Å². The van der Waals surface area contributed by atoms with Crippen molar-refractivity contribution in [2.24, 2.45) is 0 Å². The summed E-state index contributed by atoms with van der Waals surface area (Å²) >= 11 is 0. The summed E-state index contributed by atoms with van der Waals surface area (Å²) in [6.45, 7) is 7.79. The molecule has 2 aromatic rings. The molecule has 0 saturated heterocycles. The number of carbonyl (C=O) groups is 2. The maximum atomic E-state index is 12.4. The predicted octanol–water partition coefficient (Wildman–Crippen LogP) is 4.46. The summed E-state index contributed by atoms with van der Waals surface area (Å²) in [7, 11) is 1.62. The second-order valence-corrected chi connectivity index (χ2v) is 6.78. The lowest BCUT2D eigenvalue weighted by molar-refractivity contribution is -0.121. The third-order valence-corrected chi connectivity index (χ3v) is 4.50. The van der Waals surface area contributed by atoms with Gasteiger partial charge >= 0.3 is 0 Å². The highest BCUT2D eigenvalue weighted by Gasteiger charge is 2.16. The fraction of sp³-hybridized carbons (Fsp3) is 0.364. The lowest BCUT2D eigenvalue weighted by atomic mass is 9.99. The van der Waals surface area contributed by atoms with E-state index in [1.54, 1.807) is 7.11 Å². The number of ketones is 1. The number of methoxy groups -OCH3 is 1. The average Bonchev–Trinajstić information content (AvgIpc) is 2.61. The standard InChI is InChI=1S/C22H27NO3/c1-14-6-8-16(3)18(12-14)20(24)9-11-22(25)23-17(4)19-13-15(2)7-10-21(19)26-5/h6-8,10,12-13,17H,9,11H2,1-5H3,(H,23,25)/t17-/m1/s1. The van der Waals surface area contributed by atoms with E-state index in [0.717, 1.165) is 28.0 Å². The summed E-state index contributed by atoms with van der Waals surface area (Å²) < 4.78 is 5.38. The Morgan fingerprint density at radius 1 is 1.00 bits per heavy atom. The van der Waals surface area contributed by atoms with Crippen LogP contribution in [0, 0.1) is 20.8 Å². The maximum Gasteiger partial charge on any atom is 0.220 e. The monoisotopic (exact) mass is 353 g/mol. The number of amides is 1. The van der Waals surface area contributed by atoms with E-state index in [1.807, 2.05) is 64.1 Å². The minimum absolute atomic E-state index is 0.00198. The Balaban J connectivity index is 1.97. The van der Waals surface area contributed by atoms with Crippen LogP contribution in [0.25, 0.3) is 0 Å². The number of aryl methyl sites for hydroxylation is 3. The van der Waals surface area contributed by atoms with Gasteiger partial charge in [-0.3, -0.25) is 9.59 Å². The van der Waals surface area contributed by atoms with Gasteiger partial charge in [0.15, 0.2) is 5.78 Å². The van der Waals surface area contributed by atoms with Gasteiger partial charge in [0.1, 0.15) is 5.75 Å². The highest BCUT2D eigenvalue weighted by Crippen LogP contribution is 2.26. The van der Waals surface area contributed by atoms with Gasteiger partial charge in [0.05, 0.1) is 13.2 Å². The highest BCUT2D eigenvalue weighted by atomic mass is 16.5. The van der Waals surface area contributed by atoms with Crippen molar-refractivity contribution in [2.45, 2.75) is 46.6 Å². The molecule has 0 bridgehead atoms. The zero-order valence-corrected chi connectivity index (χ0v) is 16.2. The molecule has 0 fully saturated rings. The molecule has 0 saturated carbocycles. The van der Waals surface area contributed by atoms with Crippen LogP contribution in [0.4, 0.5) is 0 Å². The lowest BCUT2D eigenvalue weighted by Crippen LogP contribution is -2.27. The zero-order chi connectivity index (χ0) is 19.3. The van der Waals surface area contributed by atoms with Crippen LogP contribution in [0.5, 0.6) is 5.75 Å². The van der Waals surface area contributed by atoms with Crippen molar-refractivity contribution in [1.82, 2.24) is 5.32 Å². The summed E-state index contributed by atoms with van der Waals surface area (Å²) in [6.07, 6.45) is 0.373. The molecular weight excluding hydrogens is 326 g/mol. The number of hydrogen-bond acceptors (Lipinski definition) is 3. The molecule has 1 atom stereocenters. The van der Waals surface area contributed by atoms with E-state index >= 15 is 0 Å². The van der Waals surface area contributed by atoms with E-state index < -0.39 is 0 Å². The molecule has 1 amide bonds. The van der Waals surface area contributed by atoms with Gasteiger partial charge < -0.3 is 10.1 Å². The summed E-state index contributed by atoms with van der Waals surface area (Å²) in [6, 6.07) is 11.5. The fourth-order valence-corrected chi connectivity index (χ4v) is 2.98. The fourth-order valence-electron chi connectivity index (χ4n) is 2.98. The largest absolute Gasteiger partial charge is 0.496 e. The lowest BCUT2D eigenvalue weighted by Gasteiger charge is -2.18. The Morgan fingerprint density at radius 3 is 2.35 bits per heavy atom. The molecule has 2 aromatic carbocycles. The topological polar surface area (TPSA) is 55.4 Å². The molecule has 26 heavy (non-hydrogen) atoms. The van der Waals surface area contributed by atoms with Gasteiger partial charge in [0, 0.05) is 24.0 Å². The molecule has 0 aromatic heterocycles. The van der Waals surface area contributed by atoms with Crippen LogP contribution < -0.4 is 10.1 Å². The molecular formula is C22H27NO3. The Bertz CT molecular complexity index is 811. The van der Waals surface area contributed by atoms with E-state index in [9.17, 15) is 9.59 Å². The Labute approximate surface area is 155 Å². The third-order valence-electron chi connectivity index (χ3n) is 4.50. The van der Waals surface area contributed by atoms with Gasteiger partial charge in [0.2, 0.25) is 5.91 Å². The van der Waals surface area contributed by atoms with Gasteiger partial charge in [-0.25, -0.2) is 0 Å². The second-order valence-electron chi connectivity index (χ2n) is 6.78. The summed E-state index contributed by atoms with van der Waals surface area (Å²) in [5.74, 6) is 0.608. The summed E-state index contributed by atoms with van der Waals surface area (Å²) in [5, 5.41) is 2.96. The van der Waals surface area contributed by atoms with E-state index in [1.165, 1.54) is 0 Å². The molecule has 0 aliphatic carbocycles. The molecule has 4 heteroatoms. The van der Waals surface area contributed by atoms with Crippen LogP contribution in [0.15, 0.2) is 36.4 Å². The van der Waals surface area contributed by atoms with E-state index in [-0.39, 0.29) is 30.6 Å². The number of carbonyl (C=O) groups excluding carboxylic acids is 2. The molecule has 4 nitrogen and oxygen atoms in total. The Hall–Kier alpha value is -2.62. The molecule has 0 heterocycles. The zero-order valence-electron chi connectivity index (χ0n) is 16.2. The van der Waals surface area contributed by atoms with Crippen LogP contribution in [0.3, 0.4) is 0 Å². The number of benzene rings is 2. The molecule has 0 unspecified atom stereocenters. The van der Waals surface area contributed by atoms with Crippen LogP contribution in [-0.2, 0) is 4.79 Å². The summed E-state index contributed by atoms with van der Waals surface area (Å²) in [5.41, 5.74) is 4.72. The molecule has 2 rings (SSSR count). The van der Waals surface area contributed by atoms with Gasteiger partial charge in [-0.1, -0.05) is 35.4 Å². The molecule has 138 valence electrons. The molecule has 0 spiro atoms. The molecule has 1 N–H and O–H groups in total. The summed E-state index contributed by atoms with van der Waals surface area (Å²) in [4.78, 5) is 24.7. The first kappa shape index (κ1) is 19.7. The predicted molar refractivity (Wildman–Crippen MR) is 104 cm³/mol. The normalized spacial score (nSPS) is 11.7. The van der Waals surface area contributed by atoms with Crippen molar-refractivity contribution >= 4 is 11.7 Å². The number of nitrogens with one attached hydrogen (secondary N) is 1. The smallest absolute Gasteiger partial charge is 0.220 e. The quantitative estimate of drug-likeness (QED) is 0.748. The van der Waals surface area contributed by atoms with Crippen LogP contribution >= 0.6 is 0 Å². The first-order valence-electron chi connectivity index (χ1n) is 8.86. The van der Waals surface area contributed by atoms with Gasteiger partial charge in [-0.2, -0.15) is 0 Å². The minimum Gasteiger partial charge on any atom is -0.496 e. The molecule has 0 aliphatic rings. The average molecular weight is 353 g/mol. The minimum atomic E-state index is -0.187. The van der Waals surface area contributed by atoms with Crippen molar-refractivity contribution in [3.63, 3.8) is 0 Å². The van der Waals surface area contributed by atoms with Gasteiger partial charge in [0.25, 0.3) is 0 Å². The number of hydrogen-bond donors (Lipinski definition) is 1. The van der Waals surface area contributed by atoms with Gasteiger partial charge in [-0.05, 0) is 45.4 Å². The Morgan fingerprint density at radius 2 is 1.65 bits per heavy atom. The van der Waals surface area contributed by atoms with Gasteiger partial charge in [-0.15, -0.1) is 0 Å². The number of Topliss-reactive ketones (excluding diaryl/α,β-unsaturated/α-hetero) is 1. The van der Waals surface area contributed by atoms with E-state index in [0.29, 0.717) is 5.56 Å². The SMILES string of the molecule is COc1ccc(C)cc1[C@@H](C)NC(=O)CCC(=O)c1cc(C)ccc1C. The third kappa shape index (κ3) is 4.94. The van der Waals surface area contributed by atoms with Crippen molar-refractivity contribution in [3.8, 4) is 5.75 Å². The first-order valence-corrected chi connectivity index (χ1v) is 8.86. The number of ether oxygens (including phenoxy) is 1. The highest BCUT2D eigenvalue weighted by molar-refractivity contribution is 5.99. The number of rotatable bonds is 7. The van der Waals surface area contributed by atoms with E-state index in [2.05, 4.69) is 5.32 Å². The second kappa shape index (κ2) is 8.65. The van der Waals surface area contributed by atoms with Crippen molar-refractivity contribution in [3.05, 3.63) is 64.2 Å². The molecule has 0 aliphatic heterocycles. The Kier molecular flexibility index (Phi) is 6.56. The maximum absolute atomic E-state index is 12.4. The van der Waals surface area contributed by atoms with Crippen molar-refractivity contribution in [1.29, 1.82) is 0 Å². The van der Waals surface area contributed by atoms with Crippen LogP contribution in [-0.4, -0.2) is 18.8 Å². The van der Waals surface area contributed by atoms with Crippen LogP contribution in [0.2, 0.25) is 0 Å². The van der Waals surface area contributed by atoms with Crippen LogP contribution in [0.1, 0.15) is 58.4 Å². The first-order chi connectivity index (χ1) is 12.3. The van der Waals surface area contributed by atoms with Crippen molar-refractivity contribution in [2.75, 3.05) is 7.11 Å².